The van der Waals surface area contributed by atoms with Crippen molar-refractivity contribution in [2.45, 2.75) is 26.4 Å². The minimum Gasteiger partial charge on any atom is -0.383 e. The quantitative estimate of drug-likeness (QED) is 0.777. The highest BCUT2D eigenvalue weighted by atomic mass is 32.1. The lowest BCUT2D eigenvalue weighted by Crippen LogP contribution is -2.42. The maximum atomic E-state index is 5.18. The molecule has 1 heterocycles. The van der Waals surface area contributed by atoms with Gasteiger partial charge in [-0.2, -0.15) is 0 Å². The molecule has 0 amide bonds. The molecule has 1 rings (SSSR count). The summed E-state index contributed by atoms with van der Waals surface area (Å²) >= 11 is 5.18. The molecule has 1 aromatic heterocycles. The smallest absolute Gasteiger partial charge is 0.166 e. The molecule has 1 aromatic rings. The molecule has 0 aliphatic rings. The summed E-state index contributed by atoms with van der Waals surface area (Å²) in [7, 11) is 1.67. The number of rotatable bonds is 5. The van der Waals surface area contributed by atoms with Crippen LogP contribution in [0, 0.1) is 6.92 Å². The Kier molecular flexibility index (Phi) is 5.86. The van der Waals surface area contributed by atoms with Crippen LogP contribution in [-0.4, -0.2) is 29.9 Å². The molecule has 5 heteroatoms. The van der Waals surface area contributed by atoms with Crippen molar-refractivity contribution in [2.24, 2.45) is 0 Å². The molecule has 4 nitrogen and oxygen atoms in total. The summed E-state index contributed by atoms with van der Waals surface area (Å²) in [6.45, 7) is 5.32. The first-order chi connectivity index (χ1) is 8.13. The fourth-order valence-corrected chi connectivity index (χ4v) is 1.71. The van der Waals surface area contributed by atoms with Crippen molar-refractivity contribution in [2.75, 3.05) is 13.7 Å². The summed E-state index contributed by atoms with van der Waals surface area (Å²) in [6.07, 6.45) is 1.79. The summed E-state index contributed by atoms with van der Waals surface area (Å²) < 4.78 is 5.02. The van der Waals surface area contributed by atoms with Crippen molar-refractivity contribution in [1.29, 1.82) is 0 Å². The van der Waals surface area contributed by atoms with Gasteiger partial charge < -0.3 is 15.4 Å². The van der Waals surface area contributed by atoms with Gasteiger partial charge in [0, 0.05) is 19.3 Å². The van der Waals surface area contributed by atoms with Gasteiger partial charge in [0.1, 0.15) is 0 Å². The van der Waals surface area contributed by atoms with Gasteiger partial charge in [0.15, 0.2) is 5.11 Å². The average molecular weight is 253 g/mol. The van der Waals surface area contributed by atoms with Crippen LogP contribution in [0.5, 0.6) is 0 Å². The van der Waals surface area contributed by atoms with Crippen molar-refractivity contribution in [3.05, 3.63) is 29.6 Å². The number of aromatic nitrogens is 1. The summed E-state index contributed by atoms with van der Waals surface area (Å²) in [6, 6.07) is 4.16. The van der Waals surface area contributed by atoms with Gasteiger partial charge in [0.05, 0.1) is 18.8 Å². The predicted molar refractivity (Wildman–Crippen MR) is 72.9 cm³/mol. The molecule has 0 saturated heterocycles. The van der Waals surface area contributed by atoms with Crippen LogP contribution in [0.2, 0.25) is 0 Å². The minimum atomic E-state index is 0.199. The Hall–Kier alpha value is -1.20. The van der Waals surface area contributed by atoms with Gasteiger partial charge in [0.25, 0.3) is 0 Å². The van der Waals surface area contributed by atoms with Crippen molar-refractivity contribution < 1.29 is 4.74 Å². The summed E-state index contributed by atoms with van der Waals surface area (Å²) in [5, 5.41) is 6.89. The van der Waals surface area contributed by atoms with Crippen molar-refractivity contribution in [3.63, 3.8) is 0 Å². The second-order valence-electron chi connectivity index (χ2n) is 3.95. The van der Waals surface area contributed by atoms with E-state index in [-0.39, 0.29) is 6.04 Å². The van der Waals surface area contributed by atoms with E-state index in [1.807, 2.05) is 26.0 Å². The van der Waals surface area contributed by atoms with E-state index in [0.717, 1.165) is 11.3 Å². The first kappa shape index (κ1) is 13.9. The molecular formula is C12H19N3OS. The topological polar surface area (TPSA) is 46.2 Å². The average Bonchev–Trinajstić information content (AvgIpc) is 2.28. The lowest BCUT2D eigenvalue weighted by molar-refractivity contribution is 0.179. The highest BCUT2D eigenvalue weighted by molar-refractivity contribution is 7.80. The Bertz CT molecular complexity index is 371. The molecule has 1 unspecified atom stereocenters. The number of nitrogens with one attached hydrogen (secondary N) is 2. The van der Waals surface area contributed by atoms with E-state index >= 15 is 0 Å². The van der Waals surface area contributed by atoms with E-state index < -0.39 is 0 Å². The number of aryl methyl sites for hydroxylation is 1. The monoisotopic (exact) mass is 253 g/mol. The van der Waals surface area contributed by atoms with Gasteiger partial charge >= 0.3 is 0 Å². The maximum absolute atomic E-state index is 5.18. The highest BCUT2D eigenvalue weighted by Crippen LogP contribution is 2.01. The zero-order valence-corrected chi connectivity index (χ0v) is 11.3. The predicted octanol–water partition coefficient (Wildman–Crippen LogP) is 1.39. The van der Waals surface area contributed by atoms with Crippen LogP contribution >= 0.6 is 12.2 Å². The Morgan fingerprint density at radius 3 is 3.00 bits per heavy atom. The van der Waals surface area contributed by atoms with Crippen LogP contribution in [0.1, 0.15) is 18.2 Å². The second-order valence-corrected chi connectivity index (χ2v) is 4.36. The number of ether oxygens (including phenoxy) is 1. The van der Waals surface area contributed by atoms with Crippen LogP contribution in [0.15, 0.2) is 18.3 Å². The SMILES string of the molecule is COCC(C)NC(=S)NCc1ncccc1C. The summed E-state index contributed by atoms with van der Waals surface area (Å²) in [4.78, 5) is 4.29. The first-order valence-corrected chi connectivity index (χ1v) is 5.98. The third-order valence-corrected chi connectivity index (χ3v) is 2.59. The van der Waals surface area contributed by atoms with E-state index in [0.29, 0.717) is 18.3 Å². The van der Waals surface area contributed by atoms with Gasteiger partial charge in [-0.05, 0) is 37.7 Å². The third-order valence-electron chi connectivity index (χ3n) is 2.33. The summed E-state index contributed by atoms with van der Waals surface area (Å²) in [5.41, 5.74) is 2.17. The molecule has 0 aromatic carbocycles. The standard InChI is InChI=1S/C12H19N3OS/c1-9-5-4-6-13-11(9)7-14-12(17)15-10(2)8-16-3/h4-6,10H,7-8H2,1-3H3,(H2,14,15,17). The van der Waals surface area contributed by atoms with Crippen LogP contribution in [0.3, 0.4) is 0 Å². The van der Waals surface area contributed by atoms with Crippen molar-refractivity contribution in [3.8, 4) is 0 Å². The van der Waals surface area contributed by atoms with Crippen molar-refractivity contribution >= 4 is 17.3 Å². The maximum Gasteiger partial charge on any atom is 0.166 e. The number of nitrogens with zero attached hydrogens (tertiary/aromatic N) is 1. The molecule has 2 N–H and O–H groups in total. The van der Waals surface area contributed by atoms with Crippen molar-refractivity contribution in [1.82, 2.24) is 15.6 Å². The molecule has 17 heavy (non-hydrogen) atoms. The normalized spacial score (nSPS) is 11.9. The molecule has 94 valence electrons. The molecule has 0 aliphatic heterocycles. The van der Waals surface area contributed by atoms with Crippen LogP contribution in [-0.2, 0) is 11.3 Å². The second kappa shape index (κ2) is 7.19. The molecule has 1 atom stereocenters. The van der Waals surface area contributed by atoms with E-state index in [4.69, 9.17) is 17.0 Å². The number of pyridine rings is 1. The first-order valence-electron chi connectivity index (χ1n) is 5.57. The number of methoxy groups -OCH3 is 1. The lowest BCUT2D eigenvalue weighted by Gasteiger charge is -2.16. The number of hydrogen-bond donors (Lipinski definition) is 2. The minimum absolute atomic E-state index is 0.199. The van der Waals surface area contributed by atoms with Gasteiger partial charge in [-0.15, -0.1) is 0 Å². The molecule has 0 spiro atoms. The Balaban J connectivity index is 2.36. The fourth-order valence-electron chi connectivity index (χ4n) is 1.43. The Morgan fingerprint density at radius 2 is 2.35 bits per heavy atom. The largest absolute Gasteiger partial charge is 0.383 e. The molecular weight excluding hydrogens is 234 g/mol. The van der Waals surface area contributed by atoms with Crippen LogP contribution in [0.4, 0.5) is 0 Å². The van der Waals surface area contributed by atoms with E-state index in [1.165, 1.54) is 0 Å². The van der Waals surface area contributed by atoms with Gasteiger partial charge in [-0.25, -0.2) is 0 Å². The number of thiocarbonyl (C=S) groups is 1. The van der Waals surface area contributed by atoms with Gasteiger partial charge in [-0.1, -0.05) is 6.07 Å². The summed E-state index contributed by atoms with van der Waals surface area (Å²) in [5.74, 6) is 0. The molecule has 0 fully saturated rings. The number of hydrogen-bond acceptors (Lipinski definition) is 3. The fraction of sp³-hybridized carbons (Fsp3) is 0.500. The lowest BCUT2D eigenvalue weighted by atomic mass is 10.2. The third kappa shape index (κ3) is 5.10. The molecule has 0 aliphatic carbocycles. The highest BCUT2D eigenvalue weighted by Gasteiger charge is 2.04. The zero-order chi connectivity index (χ0) is 12.7. The van der Waals surface area contributed by atoms with Gasteiger partial charge in [-0.3, -0.25) is 4.98 Å². The Morgan fingerprint density at radius 1 is 1.59 bits per heavy atom. The molecule has 0 bridgehead atoms. The zero-order valence-electron chi connectivity index (χ0n) is 10.5. The van der Waals surface area contributed by atoms with Crippen LogP contribution in [0.25, 0.3) is 0 Å². The molecule has 0 radical (unpaired) electrons. The molecule has 0 saturated carbocycles. The van der Waals surface area contributed by atoms with E-state index in [9.17, 15) is 0 Å². The van der Waals surface area contributed by atoms with E-state index in [1.54, 1.807) is 13.3 Å². The van der Waals surface area contributed by atoms with Crippen LogP contribution < -0.4 is 10.6 Å². The van der Waals surface area contributed by atoms with Gasteiger partial charge in [0.2, 0.25) is 0 Å². The Labute approximate surface area is 108 Å². The van der Waals surface area contributed by atoms with E-state index in [2.05, 4.69) is 15.6 Å².